The van der Waals surface area contributed by atoms with Gasteiger partial charge < -0.3 is 20.3 Å². The minimum Gasteiger partial charge on any atom is -0.450 e. The van der Waals surface area contributed by atoms with Gasteiger partial charge in [-0.05, 0) is 48.2 Å². The Balaban J connectivity index is 0.000000786. The van der Waals surface area contributed by atoms with Crippen LogP contribution in [-0.2, 0) is 0 Å². The van der Waals surface area contributed by atoms with Crippen molar-refractivity contribution >= 4 is 44.3 Å². The molecule has 38 heavy (non-hydrogen) atoms. The highest BCUT2D eigenvalue weighted by molar-refractivity contribution is 7.22. The summed E-state index contributed by atoms with van der Waals surface area (Å²) >= 11 is 1.25. The fourth-order valence-corrected chi connectivity index (χ4v) is 5.19. The summed E-state index contributed by atoms with van der Waals surface area (Å²) in [5, 5.41) is 17.7. The highest BCUT2D eigenvalue weighted by atomic mass is 32.1. The Morgan fingerprint density at radius 3 is 2.08 bits per heavy atom. The molecular weight excluding hydrogens is 521 g/mol. The van der Waals surface area contributed by atoms with Gasteiger partial charge in [-0.2, -0.15) is 0 Å². The number of ketones is 1. The SMILES string of the molecule is O=C(O)O.O=C(c1ccc(-c2ccc(Nc3nc4ccc(OC(F)(F)F)cc4s3)cc2)cc1)C1CCCC1. The van der Waals surface area contributed by atoms with Crippen molar-refractivity contribution in [2.75, 3.05) is 5.32 Å². The number of hydrogen-bond acceptors (Lipinski definition) is 6. The maximum Gasteiger partial charge on any atom is 0.573 e. The highest BCUT2D eigenvalue weighted by Crippen LogP contribution is 2.33. The molecule has 3 N–H and O–H groups in total. The molecule has 1 aromatic heterocycles. The Labute approximate surface area is 219 Å². The second kappa shape index (κ2) is 11.5. The minimum absolute atomic E-state index is 0.169. The monoisotopic (exact) mass is 544 g/mol. The Morgan fingerprint density at radius 2 is 1.50 bits per heavy atom. The van der Waals surface area contributed by atoms with Gasteiger partial charge in [-0.1, -0.05) is 60.6 Å². The van der Waals surface area contributed by atoms with Crippen LogP contribution >= 0.6 is 11.3 Å². The smallest absolute Gasteiger partial charge is 0.450 e. The Hall–Kier alpha value is -4.12. The van der Waals surface area contributed by atoms with Crippen LogP contribution in [0.2, 0.25) is 0 Å². The van der Waals surface area contributed by atoms with Gasteiger partial charge in [0.05, 0.1) is 10.2 Å². The van der Waals surface area contributed by atoms with Gasteiger partial charge in [0.2, 0.25) is 0 Å². The molecule has 1 aliphatic rings. The van der Waals surface area contributed by atoms with Crippen molar-refractivity contribution in [2.24, 2.45) is 5.92 Å². The summed E-state index contributed by atoms with van der Waals surface area (Å²) in [6, 6.07) is 19.6. The van der Waals surface area contributed by atoms with Crippen molar-refractivity contribution in [1.82, 2.24) is 4.98 Å². The molecule has 1 aliphatic carbocycles. The summed E-state index contributed by atoms with van der Waals surface area (Å²) in [4.78, 5) is 25.6. The van der Waals surface area contributed by atoms with Gasteiger partial charge in [0.1, 0.15) is 5.75 Å². The molecule has 4 aromatic rings. The number of carbonyl (C=O) groups is 2. The summed E-state index contributed by atoms with van der Waals surface area (Å²) in [7, 11) is 0. The van der Waals surface area contributed by atoms with Gasteiger partial charge in [-0.25, -0.2) is 9.78 Å². The number of Topliss-reactive ketones (excluding diaryl/α,β-unsaturated/α-hetero) is 1. The van der Waals surface area contributed by atoms with E-state index in [-0.39, 0.29) is 17.5 Å². The van der Waals surface area contributed by atoms with Crippen LogP contribution in [0.4, 0.5) is 28.8 Å². The second-order valence-corrected chi connectivity index (χ2v) is 9.63. The summed E-state index contributed by atoms with van der Waals surface area (Å²) < 4.78 is 41.9. The van der Waals surface area contributed by atoms with E-state index in [1.54, 1.807) is 0 Å². The van der Waals surface area contributed by atoms with Crippen LogP contribution in [0.15, 0.2) is 66.7 Å². The number of aromatic nitrogens is 1. The zero-order valence-electron chi connectivity index (χ0n) is 19.9. The van der Waals surface area contributed by atoms with E-state index in [2.05, 4.69) is 15.0 Å². The van der Waals surface area contributed by atoms with E-state index in [0.29, 0.717) is 15.3 Å². The normalized spacial score (nSPS) is 13.6. The number of thiazole rings is 1. The lowest BCUT2D eigenvalue weighted by Crippen LogP contribution is -2.16. The van der Waals surface area contributed by atoms with Crippen LogP contribution in [0.25, 0.3) is 21.3 Å². The number of fused-ring (bicyclic) bond motifs is 1. The third-order valence-electron chi connectivity index (χ3n) is 5.96. The van der Waals surface area contributed by atoms with E-state index in [9.17, 15) is 18.0 Å². The van der Waals surface area contributed by atoms with Crippen molar-refractivity contribution < 1.29 is 37.7 Å². The van der Waals surface area contributed by atoms with Crippen LogP contribution in [0.5, 0.6) is 5.75 Å². The van der Waals surface area contributed by atoms with Gasteiger partial charge in [0, 0.05) is 23.2 Å². The second-order valence-electron chi connectivity index (χ2n) is 8.60. The summed E-state index contributed by atoms with van der Waals surface area (Å²) in [5.74, 6) is 0.148. The molecule has 0 aliphatic heterocycles. The maximum absolute atomic E-state index is 12.6. The molecule has 3 aromatic carbocycles. The van der Waals surface area contributed by atoms with Crippen LogP contribution in [0.3, 0.4) is 0 Å². The van der Waals surface area contributed by atoms with Crippen molar-refractivity contribution in [3.63, 3.8) is 0 Å². The zero-order valence-corrected chi connectivity index (χ0v) is 20.7. The number of ether oxygens (including phenoxy) is 1. The van der Waals surface area contributed by atoms with Gasteiger partial charge >= 0.3 is 12.5 Å². The Kier molecular flexibility index (Phi) is 8.16. The average Bonchev–Trinajstić information content (AvgIpc) is 3.53. The van der Waals surface area contributed by atoms with Crippen LogP contribution in [0.1, 0.15) is 36.0 Å². The Bertz CT molecular complexity index is 1410. The van der Waals surface area contributed by atoms with Crippen molar-refractivity contribution in [3.05, 3.63) is 72.3 Å². The molecule has 7 nitrogen and oxygen atoms in total. The first-order chi connectivity index (χ1) is 18.1. The molecule has 0 spiro atoms. The molecule has 1 saturated carbocycles. The molecule has 0 unspecified atom stereocenters. The molecule has 198 valence electrons. The van der Waals surface area contributed by atoms with Crippen molar-refractivity contribution in [3.8, 4) is 16.9 Å². The van der Waals surface area contributed by atoms with Crippen LogP contribution in [-0.4, -0.2) is 33.5 Å². The molecule has 11 heteroatoms. The predicted octanol–water partition coefficient (Wildman–Crippen LogP) is 8.20. The fraction of sp³-hybridized carbons (Fsp3) is 0.222. The summed E-state index contributed by atoms with van der Waals surface area (Å²) in [6.45, 7) is 0. The molecule has 1 heterocycles. The lowest BCUT2D eigenvalue weighted by molar-refractivity contribution is -0.274. The first kappa shape index (κ1) is 26.9. The third-order valence-corrected chi connectivity index (χ3v) is 6.89. The first-order valence-corrected chi connectivity index (χ1v) is 12.5. The number of carboxylic acid groups (broad SMARTS) is 2. The number of alkyl halides is 3. The number of nitrogens with zero attached hydrogens (tertiary/aromatic N) is 1. The Morgan fingerprint density at radius 1 is 0.921 bits per heavy atom. The zero-order chi connectivity index (χ0) is 27.3. The van der Waals surface area contributed by atoms with E-state index < -0.39 is 12.5 Å². The molecule has 0 saturated heterocycles. The van der Waals surface area contributed by atoms with E-state index in [0.717, 1.165) is 48.1 Å². The van der Waals surface area contributed by atoms with Gasteiger partial charge in [-0.3, -0.25) is 4.79 Å². The molecule has 0 amide bonds. The van der Waals surface area contributed by atoms with Gasteiger partial charge in [-0.15, -0.1) is 13.2 Å². The molecule has 0 radical (unpaired) electrons. The molecular formula is C27H23F3N2O5S. The highest BCUT2D eigenvalue weighted by Gasteiger charge is 2.31. The number of anilines is 2. The number of rotatable bonds is 6. The quantitative estimate of drug-likeness (QED) is 0.210. The van der Waals surface area contributed by atoms with E-state index in [1.807, 2.05) is 48.5 Å². The summed E-state index contributed by atoms with van der Waals surface area (Å²) in [5.41, 5.74) is 4.21. The standard InChI is InChI=1S/C26H21F3N2O2S.CH2O3/c27-26(28,29)33-21-13-14-22-23(15-21)34-25(31-22)30-20-11-9-17(10-12-20)16-5-7-19(8-6-16)24(32)18-3-1-2-4-18;2-1(3)4/h5-15,18H,1-4H2,(H,30,31);(H2,2,3,4). The average molecular weight is 545 g/mol. The number of benzene rings is 3. The molecule has 0 bridgehead atoms. The summed E-state index contributed by atoms with van der Waals surface area (Å²) in [6.07, 6.45) is -2.30. The van der Waals surface area contributed by atoms with E-state index in [1.165, 1.54) is 29.5 Å². The lowest BCUT2D eigenvalue weighted by atomic mass is 9.94. The number of halogens is 3. The van der Waals surface area contributed by atoms with Gasteiger partial charge in [0.15, 0.2) is 10.9 Å². The molecule has 1 fully saturated rings. The van der Waals surface area contributed by atoms with Crippen LogP contribution in [0, 0.1) is 5.92 Å². The molecule has 0 atom stereocenters. The van der Waals surface area contributed by atoms with Crippen LogP contribution < -0.4 is 10.1 Å². The molecule has 5 rings (SSSR count). The number of nitrogens with one attached hydrogen (secondary N) is 1. The number of hydrogen-bond donors (Lipinski definition) is 3. The predicted molar refractivity (Wildman–Crippen MR) is 138 cm³/mol. The number of carbonyl (C=O) groups excluding carboxylic acids is 1. The van der Waals surface area contributed by atoms with E-state index >= 15 is 0 Å². The maximum atomic E-state index is 12.6. The first-order valence-electron chi connectivity index (χ1n) is 11.7. The minimum atomic E-state index is -4.73. The topological polar surface area (TPSA) is 109 Å². The van der Waals surface area contributed by atoms with Crippen molar-refractivity contribution in [2.45, 2.75) is 32.0 Å². The van der Waals surface area contributed by atoms with Gasteiger partial charge in [0.25, 0.3) is 0 Å². The van der Waals surface area contributed by atoms with Crippen molar-refractivity contribution in [1.29, 1.82) is 0 Å². The largest absolute Gasteiger partial charge is 0.573 e. The third kappa shape index (κ3) is 7.22. The fourth-order valence-electron chi connectivity index (χ4n) is 4.28. The lowest BCUT2D eigenvalue weighted by Gasteiger charge is -2.09. The van der Waals surface area contributed by atoms with E-state index in [4.69, 9.17) is 15.0 Å².